The summed E-state index contributed by atoms with van der Waals surface area (Å²) < 4.78 is 2.08. The predicted octanol–water partition coefficient (Wildman–Crippen LogP) is 1.97. The van der Waals surface area contributed by atoms with Gasteiger partial charge >= 0.3 is 0 Å². The van der Waals surface area contributed by atoms with Gasteiger partial charge < -0.3 is 14.4 Å². The predicted molar refractivity (Wildman–Crippen MR) is 89.2 cm³/mol. The number of amides is 1. The minimum Gasteiger partial charge on any atom is -0.353 e. The minimum atomic E-state index is 0.192. The summed E-state index contributed by atoms with van der Waals surface area (Å²) in [5, 5.41) is 8.10. The summed E-state index contributed by atoms with van der Waals surface area (Å²) >= 11 is 0. The van der Waals surface area contributed by atoms with Gasteiger partial charge in [0.2, 0.25) is 5.91 Å². The van der Waals surface area contributed by atoms with Crippen molar-refractivity contribution in [1.29, 1.82) is 0 Å². The second kappa shape index (κ2) is 7.26. The molecule has 6 heteroatoms. The molecule has 1 saturated heterocycles. The third-order valence-electron chi connectivity index (χ3n) is 4.34. The summed E-state index contributed by atoms with van der Waals surface area (Å²) in [6.07, 6.45) is 7.20. The van der Waals surface area contributed by atoms with Crippen LogP contribution in [0.25, 0.3) is 0 Å². The lowest BCUT2D eigenvalue weighted by Gasteiger charge is -2.24. The molecule has 3 rings (SSSR count). The van der Waals surface area contributed by atoms with Crippen molar-refractivity contribution in [3.05, 3.63) is 42.9 Å². The second-order valence-corrected chi connectivity index (χ2v) is 5.99. The third-order valence-corrected chi connectivity index (χ3v) is 4.34. The lowest BCUT2D eigenvalue weighted by atomic mass is 10.2. The number of anilines is 1. The van der Waals surface area contributed by atoms with Crippen molar-refractivity contribution in [2.24, 2.45) is 0 Å². The van der Waals surface area contributed by atoms with E-state index in [-0.39, 0.29) is 11.9 Å². The van der Waals surface area contributed by atoms with Crippen molar-refractivity contribution in [2.45, 2.75) is 25.8 Å². The van der Waals surface area contributed by atoms with Gasteiger partial charge in [0.25, 0.3) is 0 Å². The van der Waals surface area contributed by atoms with Crippen LogP contribution < -0.4 is 4.90 Å². The molecule has 0 spiro atoms. The normalized spacial score (nSPS) is 16.9. The molecule has 1 atom stereocenters. The number of hydrogen-bond donors (Lipinski definition) is 0. The van der Waals surface area contributed by atoms with Crippen molar-refractivity contribution in [1.82, 2.24) is 19.7 Å². The summed E-state index contributed by atoms with van der Waals surface area (Å²) in [6.45, 7) is 5.36. The lowest BCUT2D eigenvalue weighted by Crippen LogP contribution is -2.36. The van der Waals surface area contributed by atoms with E-state index in [1.165, 1.54) is 0 Å². The van der Waals surface area contributed by atoms with Gasteiger partial charge in [-0.2, -0.15) is 5.10 Å². The van der Waals surface area contributed by atoms with Crippen molar-refractivity contribution < 1.29 is 4.79 Å². The Morgan fingerprint density at radius 1 is 1.17 bits per heavy atom. The quantitative estimate of drug-likeness (QED) is 0.866. The van der Waals surface area contributed by atoms with Gasteiger partial charge in [-0.15, -0.1) is 5.10 Å². The Bertz CT molecular complexity index is 613. The van der Waals surface area contributed by atoms with E-state index in [4.69, 9.17) is 0 Å². The summed E-state index contributed by atoms with van der Waals surface area (Å²) in [5.74, 6) is 1.12. The fraction of sp³-hybridized carbons (Fsp3) is 0.471. The van der Waals surface area contributed by atoms with Gasteiger partial charge in [0.1, 0.15) is 0 Å². The Morgan fingerprint density at radius 3 is 2.74 bits per heavy atom. The highest BCUT2D eigenvalue weighted by Gasteiger charge is 2.21. The molecule has 0 unspecified atom stereocenters. The zero-order valence-corrected chi connectivity index (χ0v) is 13.5. The molecular weight excluding hydrogens is 290 g/mol. The Morgan fingerprint density at radius 2 is 2.00 bits per heavy atom. The van der Waals surface area contributed by atoms with Crippen LogP contribution in [0.4, 0.5) is 5.82 Å². The molecule has 2 aromatic heterocycles. The Kier molecular flexibility index (Phi) is 4.90. The van der Waals surface area contributed by atoms with E-state index in [2.05, 4.69) is 26.6 Å². The first-order valence-electron chi connectivity index (χ1n) is 8.17. The van der Waals surface area contributed by atoms with E-state index in [1.54, 1.807) is 6.20 Å². The summed E-state index contributed by atoms with van der Waals surface area (Å²) in [7, 11) is 0. The number of carbonyl (C=O) groups excluding carboxylic acids is 1. The number of hydrogen-bond acceptors (Lipinski definition) is 4. The van der Waals surface area contributed by atoms with Crippen LogP contribution in [0.15, 0.2) is 42.9 Å². The van der Waals surface area contributed by atoms with Gasteiger partial charge in [0.05, 0.1) is 0 Å². The molecule has 0 aromatic carbocycles. The number of nitrogens with zero attached hydrogens (tertiary/aromatic N) is 5. The van der Waals surface area contributed by atoms with Gasteiger partial charge in [-0.25, -0.2) is 0 Å². The average Bonchev–Trinajstić information content (AvgIpc) is 3.00. The third kappa shape index (κ3) is 3.88. The first kappa shape index (κ1) is 15.5. The van der Waals surface area contributed by atoms with E-state index >= 15 is 0 Å². The summed E-state index contributed by atoms with van der Waals surface area (Å²) in [5.41, 5.74) is 0. The standard InChI is InChI=1S/C17H23N5O/c1-15(20-8-2-3-9-20)14-17(23)22-11-5-10-21(12-13-22)16-6-4-7-18-19-16/h2-4,6-9,15H,5,10-14H2,1H3/t15-/m1/s1. The van der Waals surface area contributed by atoms with Crippen LogP contribution in [0, 0.1) is 0 Å². The first-order chi connectivity index (χ1) is 11.2. The molecule has 0 N–H and O–H groups in total. The van der Waals surface area contributed by atoms with E-state index in [9.17, 15) is 4.79 Å². The van der Waals surface area contributed by atoms with Crippen molar-refractivity contribution in [2.75, 3.05) is 31.1 Å². The van der Waals surface area contributed by atoms with Crippen molar-refractivity contribution in [3.63, 3.8) is 0 Å². The zero-order valence-electron chi connectivity index (χ0n) is 13.5. The van der Waals surface area contributed by atoms with Crippen LogP contribution >= 0.6 is 0 Å². The fourth-order valence-corrected chi connectivity index (χ4v) is 2.99. The van der Waals surface area contributed by atoms with Gasteiger partial charge in [0, 0.05) is 57.2 Å². The largest absolute Gasteiger partial charge is 0.353 e. The molecule has 1 aliphatic rings. The van der Waals surface area contributed by atoms with E-state index in [0.717, 1.165) is 38.4 Å². The lowest BCUT2D eigenvalue weighted by molar-refractivity contribution is -0.131. The second-order valence-electron chi connectivity index (χ2n) is 5.99. The monoisotopic (exact) mass is 313 g/mol. The van der Waals surface area contributed by atoms with Crippen LogP contribution in [0.2, 0.25) is 0 Å². The van der Waals surface area contributed by atoms with Crippen LogP contribution in [0.3, 0.4) is 0 Å². The van der Waals surface area contributed by atoms with E-state index < -0.39 is 0 Å². The summed E-state index contributed by atoms with van der Waals surface area (Å²) in [4.78, 5) is 16.8. The molecule has 23 heavy (non-hydrogen) atoms. The number of aromatic nitrogens is 3. The fourth-order valence-electron chi connectivity index (χ4n) is 2.99. The highest BCUT2D eigenvalue weighted by atomic mass is 16.2. The minimum absolute atomic E-state index is 0.192. The van der Waals surface area contributed by atoms with Crippen LogP contribution in [-0.4, -0.2) is 51.8 Å². The molecule has 2 aromatic rings. The molecular formula is C17H23N5O. The SMILES string of the molecule is C[C@H](CC(=O)N1CCCN(c2cccnn2)CC1)n1cccc1. The topological polar surface area (TPSA) is 54.3 Å². The Labute approximate surface area is 136 Å². The molecule has 0 saturated carbocycles. The average molecular weight is 313 g/mol. The Hall–Kier alpha value is -2.37. The van der Waals surface area contributed by atoms with Crippen LogP contribution in [0.5, 0.6) is 0 Å². The maximum Gasteiger partial charge on any atom is 0.224 e. The molecule has 0 bridgehead atoms. The molecule has 0 aliphatic carbocycles. The molecule has 1 fully saturated rings. The van der Waals surface area contributed by atoms with E-state index in [1.807, 2.05) is 41.6 Å². The Balaban J connectivity index is 1.56. The van der Waals surface area contributed by atoms with Crippen LogP contribution in [0.1, 0.15) is 25.8 Å². The zero-order chi connectivity index (χ0) is 16.1. The highest BCUT2D eigenvalue weighted by molar-refractivity contribution is 5.76. The van der Waals surface area contributed by atoms with Gasteiger partial charge in [-0.05, 0) is 37.6 Å². The van der Waals surface area contributed by atoms with Crippen molar-refractivity contribution in [3.8, 4) is 0 Å². The number of carbonyl (C=O) groups is 1. The smallest absolute Gasteiger partial charge is 0.224 e. The maximum absolute atomic E-state index is 12.6. The van der Waals surface area contributed by atoms with Gasteiger partial charge in [-0.3, -0.25) is 4.79 Å². The van der Waals surface area contributed by atoms with Gasteiger partial charge in [-0.1, -0.05) is 0 Å². The molecule has 0 radical (unpaired) electrons. The molecule has 122 valence electrons. The van der Waals surface area contributed by atoms with Gasteiger partial charge in [0.15, 0.2) is 5.82 Å². The van der Waals surface area contributed by atoms with E-state index in [0.29, 0.717) is 6.42 Å². The number of rotatable bonds is 4. The summed E-state index contributed by atoms with van der Waals surface area (Å²) in [6, 6.07) is 8.04. The maximum atomic E-state index is 12.6. The molecule has 1 amide bonds. The first-order valence-corrected chi connectivity index (χ1v) is 8.17. The molecule has 6 nitrogen and oxygen atoms in total. The van der Waals surface area contributed by atoms with Crippen molar-refractivity contribution >= 4 is 11.7 Å². The highest BCUT2D eigenvalue weighted by Crippen LogP contribution is 2.16. The molecule has 3 heterocycles. The van der Waals surface area contributed by atoms with Crippen LogP contribution in [-0.2, 0) is 4.79 Å². The molecule has 1 aliphatic heterocycles.